The van der Waals surface area contributed by atoms with Gasteiger partial charge in [0.25, 0.3) is 0 Å². The Hall–Kier alpha value is -1.94. The minimum absolute atomic E-state index is 0.0711. The molecule has 2 aromatic carbocycles. The fourth-order valence-corrected chi connectivity index (χ4v) is 2.97. The first-order chi connectivity index (χ1) is 11.1. The molecule has 0 aliphatic heterocycles. The highest BCUT2D eigenvalue weighted by atomic mass is 32.2. The van der Waals surface area contributed by atoms with Gasteiger partial charge in [-0.25, -0.2) is 0 Å². The molecule has 0 aromatic heterocycles. The van der Waals surface area contributed by atoms with Gasteiger partial charge < -0.3 is 10.1 Å². The summed E-state index contributed by atoms with van der Waals surface area (Å²) in [6.07, 6.45) is 0.823. The number of nitrogens with one attached hydrogen (secondary N) is 1. The summed E-state index contributed by atoms with van der Waals surface area (Å²) in [5, 5.41) is 2.96. The molecule has 1 amide bonds. The third-order valence-electron chi connectivity index (χ3n) is 3.74. The molecular weight excluding hydrogens is 306 g/mol. The summed E-state index contributed by atoms with van der Waals surface area (Å²) in [5.41, 5.74) is 3.72. The molecule has 0 fully saturated rings. The van der Waals surface area contributed by atoms with Crippen molar-refractivity contribution >= 4 is 17.7 Å². The Kier molecular flexibility index (Phi) is 6.53. The predicted octanol–water partition coefficient (Wildman–Crippen LogP) is 3.76. The van der Waals surface area contributed by atoms with E-state index in [1.807, 2.05) is 24.3 Å². The number of methoxy groups -OCH3 is 1. The SMILES string of the molecule is COc1ccc(CCNC(=O)CSc2ccc(C)c(C)c2)cc1. The number of carbonyl (C=O) groups is 1. The van der Waals surface area contributed by atoms with Gasteiger partial charge in [0.05, 0.1) is 12.9 Å². The topological polar surface area (TPSA) is 38.3 Å². The fourth-order valence-electron chi connectivity index (χ4n) is 2.14. The normalized spacial score (nSPS) is 10.4. The second-order valence-corrected chi connectivity index (χ2v) is 6.53. The predicted molar refractivity (Wildman–Crippen MR) is 96.3 cm³/mol. The van der Waals surface area contributed by atoms with Gasteiger partial charge in [-0.1, -0.05) is 18.2 Å². The number of thioether (sulfide) groups is 1. The molecule has 4 heteroatoms. The van der Waals surface area contributed by atoms with Crippen molar-refractivity contribution in [3.63, 3.8) is 0 Å². The summed E-state index contributed by atoms with van der Waals surface area (Å²) in [4.78, 5) is 13.0. The van der Waals surface area contributed by atoms with E-state index in [9.17, 15) is 4.79 Å². The zero-order valence-electron chi connectivity index (χ0n) is 13.9. The largest absolute Gasteiger partial charge is 0.497 e. The minimum atomic E-state index is 0.0711. The van der Waals surface area contributed by atoms with Crippen LogP contribution in [0.1, 0.15) is 16.7 Å². The molecule has 1 N–H and O–H groups in total. The highest BCUT2D eigenvalue weighted by Gasteiger charge is 2.04. The van der Waals surface area contributed by atoms with E-state index in [1.54, 1.807) is 18.9 Å². The van der Waals surface area contributed by atoms with Crippen LogP contribution in [0.25, 0.3) is 0 Å². The lowest BCUT2D eigenvalue weighted by molar-refractivity contribution is -0.118. The molecule has 0 aliphatic carbocycles. The summed E-state index contributed by atoms with van der Waals surface area (Å²) < 4.78 is 5.13. The molecule has 0 unspecified atom stereocenters. The summed E-state index contributed by atoms with van der Waals surface area (Å²) in [6, 6.07) is 14.2. The van der Waals surface area contributed by atoms with Crippen LogP contribution in [0.2, 0.25) is 0 Å². The van der Waals surface area contributed by atoms with Gasteiger partial charge in [-0.2, -0.15) is 0 Å². The molecule has 0 saturated heterocycles. The Morgan fingerprint density at radius 2 is 1.83 bits per heavy atom. The van der Waals surface area contributed by atoms with Crippen LogP contribution in [0.5, 0.6) is 5.75 Å². The van der Waals surface area contributed by atoms with Crippen LogP contribution in [0, 0.1) is 13.8 Å². The van der Waals surface area contributed by atoms with Crippen LogP contribution in [0.4, 0.5) is 0 Å². The molecule has 23 heavy (non-hydrogen) atoms. The number of amides is 1. The van der Waals surface area contributed by atoms with Crippen LogP contribution in [0.3, 0.4) is 0 Å². The molecule has 0 saturated carbocycles. The molecule has 0 heterocycles. The van der Waals surface area contributed by atoms with Crippen LogP contribution in [0.15, 0.2) is 47.4 Å². The molecule has 0 atom stereocenters. The number of hydrogen-bond donors (Lipinski definition) is 1. The van der Waals surface area contributed by atoms with E-state index in [2.05, 4.69) is 37.4 Å². The first kappa shape index (κ1) is 17.4. The van der Waals surface area contributed by atoms with E-state index >= 15 is 0 Å². The van der Waals surface area contributed by atoms with E-state index in [4.69, 9.17) is 4.74 Å². The van der Waals surface area contributed by atoms with Crippen molar-refractivity contribution in [1.82, 2.24) is 5.32 Å². The van der Waals surface area contributed by atoms with Gasteiger partial charge in [-0.3, -0.25) is 4.79 Å². The molecule has 2 rings (SSSR count). The van der Waals surface area contributed by atoms with Gasteiger partial charge in [0.1, 0.15) is 5.75 Å². The summed E-state index contributed by atoms with van der Waals surface area (Å²) in [5.74, 6) is 1.37. The Bertz CT molecular complexity index is 653. The van der Waals surface area contributed by atoms with Crippen molar-refractivity contribution in [1.29, 1.82) is 0 Å². The number of benzene rings is 2. The lowest BCUT2D eigenvalue weighted by Crippen LogP contribution is -2.27. The quantitative estimate of drug-likeness (QED) is 0.786. The van der Waals surface area contributed by atoms with Crippen LogP contribution >= 0.6 is 11.8 Å². The zero-order valence-corrected chi connectivity index (χ0v) is 14.7. The minimum Gasteiger partial charge on any atom is -0.497 e. The zero-order chi connectivity index (χ0) is 16.7. The van der Waals surface area contributed by atoms with Gasteiger partial charge in [0, 0.05) is 11.4 Å². The lowest BCUT2D eigenvalue weighted by atomic mass is 10.1. The third-order valence-corrected chi connectivity index (χ3v) is 4.74. The first-order valence-corrected chi connectivity index (χ1v) is 8.66. The Morgan fingerprint density at radius 1 is 1.09 bits per heavy atom. The van der Waals surface area contributed by atoms with Gasteiger partial charge in [0.15, 0.2) is 0 Å². The Balaban J connectivity index is 1.71. The summed E-state index contributed by atoms with van der Waals surface area (Å²) in [7, 11) is 1.66. The van der Waals surface area contributed by atoms with E-state index in [0.717, 1.165) is 17.1 Å². The molecule has 0 radical (unpaired) electrons. The van der Waals surface area contributed by atoms with Crippen LogP contribution in [-0.4, -0.2) is 25.3 Å². The summed E-state index contributed by atoms with van der Waals surface area (Å²) in [6.45, 7) is 4.84. The van der Waals surface area contributed by atoms with E-state index < -0.39 is 0 Å². The Labute approximate surface area is 142 Å². The molecule has 0 bridgehead atoms. The number of hydrogen-bond acceptors (Lipinski definition) is 3. The molecule has 0 spiro atoms. The Morgan fingerprint density at radius 3 is 2.48 bits per heavy atom. The van der Waals surface area contributed by atoms with Crippen molar-refractivity contribution in [2.45, 2.75) is 25.2 Å². The van der Waals surface area contributed by atoms with E-state index in [-0.39, 0.29) is 5.91 Å². The van der Waals surface area contributed by atoms with Gasteiger partial charge in [-0.15, -0.1) is 11.8 Å². The first-order valence-electron chi connectivity index (χ1n) is 7.68. The highest BCUT2D eigenvalue weighted by molar-refractivity contribution is 8.00. The van der Waals surface area contributed by atoms with Gasteiger partial charge >= 0.3 is 0 Å². The van der Waals surface area contributed by atoms with Crippen molar-refractivity contribution < 1.29 is 9.53 Å². The molecule has 2 aromatic rings. The van der Waals surface area contributed by atoms with Crippen LogP contribution < -0.4 is 10.1 Å². The maximum Gasteiger partial charge on any atom is 0.230 e. The fraction of sp³-hybridized carbons (Fsp3) is 0.316. The van der Waals surface area contributed by atoms with Crippen molar-refractivity contribution in [2.24, 2.45) is 0 Å². The highest BCUT2D eigenvalue weighted by Crippen LogP contribution is 2.20. The van der Waals surface area contributed by atoms with Crippen LogP contribution in [-0.2, 0) is 11.2 Å². The molecule has 0 aliphatic rings. The van der Waals surface area contributed by atoms with E-state index in [1.165, 1.54) is 16.7 Å². The number of carbonyl (C=O) groups excluding carboxylic acids is 1. The van der Waals surface area contributed by atoms with Crippen molar-refractivity contribution in [3.8, 4) is 5.75 Å². The van der Waals surface area contributed by atoms with Gasteiger partial charge in [0.2, 0.25) is 5.91 Å². The average Bonchev–Trinajstić information content (AvgIpc) is 2.56. The second kappa shape index (κ2) is 8.63. The number of aryl methyl sites for hydroxylation is 2. The lowest BCUT2D eigenvalue weighted by Gasteiger charge is -2.07. The van der Waals surface area contributed by atoms with Crippen molar-refractivity contribution in [3.05, 3.63) is 59.2 Å². The molecule has 3 nitrogen and oxygen atoms in total. The molecular formula is C19H23NO2S. The maximum absolute atomic E-state index is 11.9. The average molecular weight is 329 g/mol. The molecule has 122 valence electrons. The van der Waals surface area contributed by atoms with Gasteiger partial charge in [-0.05, 0) is 61.2 Å². The van der Waals surface area contributed by atoms with Crippen molar-refractivity contribution in [2.75, 3.05) is 19.4 Å². The number of rotatable bonds is 7. The number of ether oxygens (including phenoxy) is 1. The maximum atomic E-state index is 11.9. The monoisotopic (exact) mass is 329 g/mol. The third kappa shape index (κ3) is 5.64. The standard InChI is InChI=1S/C19H23NO2S/c1-14-4-9-18(12-15(14)2)23-13-19(21)20-11-10-16-5-7-17(22-3)8-6-16/h4-9,12H,10-11,13H2,1-3H3,(H,20,21). The second-order valence-electron chi connectivity index (χ2n) is 5.48. The smallest absolute Gasteiger partial charge is 0.230 e. The summed E-state index contributed by atoms with van der Waals surface area (Å²) >= 11 is 1.57. The van der Waals surface area contributed by atoms with E-state index in [0.29, 0.717) is 12.3 Å².